The molecule has 23 heavy (non-hydrogen) atoms. The van der Waals surface area contributed by atoms with Gasteiger partial charge < -0.3 is 20.1 Å². The monoisotopic (exact) mass is 337 g/mol. The van der Waals surface area contributed by atoms with Gasteiger partial charge in [-0.25, -0.2) is 0 Å². The zero-order chi connectivity index (χ0) is 16.5. The van der Waals surface area contributed by atoms with E-state index in [1.54, 1.807) is 14.2 Å². The Bertz CT molecular complexity index is 499. The van der Waals surface area contributed by atoms with Crippen molar-refractivity contribution < 1.29 is 9.47 Å². The molecule has 0 amide bonds. The number of guanidine groups is 1. The minimum atomic E-state index is 0.246. The lowest BCUT2D eigenvalue weighted by Crippen LogP contribution is -2.47. The first-order chi connectivity index (χ1) is 11.2. The molecular formula is C17H27N3O2S. The average molecular weight is 337 g/mol. The summed E-state index contributed by atoms with van der Waals surface area (Å²) in [5.74, 6) is 1.71. The minimum absolute atomic E-state index is 0.246. The molecule has 1 aromatic carbocycles. The van der Waals surface area contributed by atoms with Crippen molar-refractivity contribution in [3.63, 3.8) is 0 Å². The summed E-state index contributed by atoms with van der Waals surface area (Å²) in [4.78, 5) is 4.32. The van der Waals surface area contributed by atoms with Crippen molar-refractivity contribution in [1.82, 2.24) is 10.6 Å². The number of benzene rings is 1. The summed E-state index contributed by atoms with van der Waals surface area (Å²) in [6.45, 7) is 3.33. The van der Waals surface area contributed by atoms with Crippen LogP contribution in [0.1, 0.15) is 18.4 Å². The standard InChI is InChI=1S/C17H27N3O2S/c1-18-16(19-12-14-4-6-15(21-2)7-5-14)20-13-17(23-3)8-10-22-11-9-17/h4-7H,8-13H2,1-3H3,(H2,18,19,20). The predicted molar refractivity (Wildman–Crippen MR) is 97.5 cm³/mol. The maximum Gasteiger partial charge on any atom is 0.191 e. The lowest BCUT2D eigenvalue weighted by Gasteiger charge is -2.36. The summed E-state index contributed by atoms with van der Waals surface area (Å²) < 4.78 is 10.9. The van der Waals surface area contributed by atoms with Crippen LogP contribution >= 0.6 is 11.8 Å². The fraction of sp³-hybridized carbons (Fsp3) is 0.588. The van der Waals surface area contributed by atoms with Crippen LogP contribution < -0.4 is 15.4 Å². The summed E-state index contributed by atoms with van der Waals surface area (Å²) in [5, 5.41) is 6.82. The highest BCUT2D eigenvalue weighted by atomic mass is 32.2. The van der Waals surface area contributed by atoms with Crippen molar-refractivity contribution >= 4 is 17.7 Å². The van der Waals surface area contributed by atoms with Gasteiger partial charge in [-0.1, -0.05) is 12.1 Å². The molecule has 1 aromatic rings. The molecule has 1 saturated heterocycles. The molecule has 1 heterocycles. The molecule has 0 aliphatic carbocycles. The first kappa shape index (κ1) is 17.9. The topological polar surface area (TPSA) is 54.9 Å². The number of hydrogen-bond donors (Lipinski definition) is 2. The van der Waals surface area contributed by atoms with Gasteiger partial charge in [-0.3, -0.25) is 4.99 Å². The molecule has 0 spiro atoms. The Morgan fingerprint density at radius 3 is 2.52 bits per heavy atom. The summed E-state index contributed by atoms with van der Waals surface area (Å²) in [7, 11) is 3.48. The fourth-order valence-corrected chi connectivity index (χ4v) is 3.38. The van der Waals surface area contributed by atoms with E-state index < -0.39 is 0 Å². The van der Waals surface area contributed by atoms with Gasteiger partial charge in [-0.05, 0) is 36.8 Å². The molecule has 1 aliphatic rings. The fourth-order valence-electron chi connectivity index (χ4n) is 2.59. The molecule has 5 nitrogen and oxygen atoms in total. The number of nitrogens with zero attached hydrogens (tertiary/aromatic N) is 1. The molecule has 6 heteroatoms. The van der Waals surface area contributed by atoms with Gasteiger partial charge in [0.25, 0.3) is 0 Å². The zero-order valence-electron chi connectivity index (χ0n) is 14.2. The third-order valence-corrected chi connectivity index (χ3v) is 5.68. The van der Waals surface area contributed by atoms with Crippen LogP contribution in [0.4, 0.5) is 0 Å². The number of ether oxygens (including phenoxy) is 2. The largest absolute Gasteiger partial charge is 0.497 e. The molecule has 1 aliphatic heterocycles. The maximum absolute atomic E-state index is 5.49. The molecule has 128 valence electrons. The third kappa shape index (κ3) is 5.32. The Balaban J connectivity index is 1.82. The molecule has 1 fully saturated rings. The lowest BCUT2D eigenvalue weighted by molar-refractivity contribution is 0.0783. The molecular weight excluding hydrogens is 310 g/mol. The Morgan fingerprint density at radius 1 is 1.26 bits per heavy atom. The normalized spacial score (nSPS) is 17.6. The van der Waals surface area contributed by atoms with E-state index in [2.05, 4.69) is 34.0 Å². The van der Waals surface area contributed by atoms with Gasteiger partial charge in [0.15, 0.2) is 5.96 Å². The van der Waals surface area contributed by atoms with Crippen molar-refractivity contribution in [3.05, 3.63) is 29.8 Å². The summed E-state index contributed by atoms with van der Waals surface area (Å²) in [6.07, 6.45) is 4.34. The van der Waals surface area contributed by atoms with E-state index in [9.17, 15) is 0 Å². The van der Waals surface area contributed by atoms with Crippen molar-refractivity contribution in [3.8, 4) is 5.75 Å². The summed E-state index contributed by atoms with van der Waals surface area (Å²) >= 11 is 1.93. The van der Waals surface area contributed by atoms with Crippen molar-refractivity contribution in [1.29, 1.82) is 0 Å². The number of nitrogens with one attached hydrogen (secondary N) is 2. The Labute approximate surface area is 143 Å². The van der Waals surface area contributed by atoms with Crippen LogP contribution in [-0.2, 0) is 11.3 Å². The van der Waals surface area contributed by atoms with E-state index in [0.717, 1.165) is 50.9 Å². The third-order valence-electron chi connectivity index (χ3n) is 4.26. The van der Waals surface area contributed by atoms with Gasteiger partial charge in [0, 0.05) is 38.1 Å². The SMILES string of the molecule is CN=C(NCc1ccc(OC)cc1)NCC1(SC)CCOCC1. The molecule has 0 atom stereocenters. The highest BCUT2D eigenvalue weighted by Gasteiger charge is 2.31. The Hall–Kier alpha value is -1.40. The molecule has 0 bridgehead atoms. The number of rotatable bonds is 6. The number of methoxy groups -OCH3 is 1. The van der Waals surface area contributed by atoms with E-state index in [4.69, 9.17) is 9.47 Å². The van der Waals surface area contributed by atoms with Gasteiger partial charge in [0.2, 0.25) is 0 Å². The zero-order valence-corrected chi connectivity index (χ0v) is 15.0. The van der Waals surface area contributed by atoms with Crippen LogP contribution in [0.3, 0.4) is 0 Å². The Kier molecular flexibility index (Phi) is 7.05. The smallest absolute Gasteiger partial charge is 0.191 e. The highest BCUT2D eigenvalue weighted by Crippen LogP contribution is 2.32. The number of thioether (sulfide) groups is 1. The second kappa shape index (κ2) is 9.03. The van der Waals surface area contributed by atoms with Gasteiger partial charge in [0.1, 0.15) is 5.75 Å². The number of aliphatic imine (C=N–C) groups is 1. The average Bonchev–Trinajstić information content (AvgIpc) is 2.63. The second-order valence-corrected chi connectivity index (χ2v) is 6.90. The van der Waals surface area contributed by atoms with E-state index in [1.165, 1.54) is 5.56 Å². The first-order valence-electron chi connectivity index (χ1n) is 7.92. The van der Waals surface area contributed by atoms with Crippen LogP contribution in [0.15, 0.2) is 29.3 Å². The van der Waals surface area contributed by atoms with Gasteiger partial charge in [-0.15, -0.1) is 0 Å². The first-order valence-corrected chi connectivity index (χ1v) is 9.14. The quantitative estimate of drug-likeness (QED) is 0.616. The van der Waals surface area contributed by atoms with Crippen LogP contribution in [0.2, 0.25) is 0 Å². The lowest BCUT2D eigenvalue weighted by atomic mass is 9.99. The second-order valence-electron chi connectivity index (χ2n) is 5.63. The van der Waals surface area contributed by atoms with E-state index in [-0.39, 0.29) is 4.75 Å². The molecule has 0 unspecified atom stereocenters. The van der Waals surface area contributed by atoms with Gasteiger partial charge in [-0.2, -0.15) is 11.8 Å². The number of hydrogen-bond acceptors (Lipinski definition) is 4. The molecule has 2 N–H and O–H groups in total. The van der Waals surface area contributed by atoms with E-state index >= 15 is 0 Å². The van der Waals surface area contributed by atoms with Crippen LogP contribution in [0.5, 0.6) is 5.75 Å². The molecule has 0 aromatic heterocycles. The molecule has 0 saturated carbocycles. The minimum Gasteiger partial charge on any atom is -0.497 e. The Morgan fingerprint density at radius 2 is 1.96 bits per heavy atom. The maximum atomic E-state index is 5.49. The van der Waals surface area contributed by atoms with Gasteiger partial charge >= 0.3 is 0 Å². The van der Waals surface area contributed by atoms with Crippen LogP contribution in [0.25, 0.3) is 0 Å². The summed E-state index contributed by atoms with van der Waals surface area (Å²) in [6, 6.07) is 8.05. The molecule has 0 radical (unpaired) electrons. The van der Waals surface area contributed by atoms with Crippen molar-refractivity contribution in [2.75, 3.05) is 40.2 Å². The highest BCUT2D eigenvalue weighted by molar-refractivity contribution is 8.00. The van der Waals surface area contributed by atoms with Crippen molar-refractivity contribution in [2.45, 2.75) is 24.1 Å². The van der Waals surface area contributed by atoms with E-state index in [0.29, 0.717) is 0 Å². The van der Waals surface area contributed by atoms with Gasteiger partial charge in [0.05, 0.1) is 7.11 Å². The van der Waals surface area contributed by atoms with Crippen LogP contribution in [-0.4, -0.2) is 50.9 Å². The van der Waals surface area contributed by atoms with Crippen LogP contribution in [0, 0.1) is 0 Å². The molecule has 2 rings (SSSR count). The van der Waals surface area contributed by atoms with E-state index in [1.807, 2.05) is 23.9 Å². The summed E-state index contributed by atoms with van der Waals surface area (Å²) in [5.41, 5.74) is 1.19. The predicted octanol–water partition coefficient (Wildman–Crippen LogP) is 2.27. The van der Waals surface area contributed by atoms with Crippen molar-refractivity contribution in [2.24, 2.45) is 4.99 Å².